The number of alkyl carbamates (subject to hydrolysis) is 1. The van der Waals surface area contributed by atoms with Crippen molar-refractivity contribution in [3.63, 3.8) is 0 Å². The van der Waals surface area contributed by atoms with E-state index < -0.39 is 0 Å². The summed E-state index contributed by atoms with van der Waals surface area (Å²) in [4.78, 5) is 11.1. The van der Waals surface area contributed by atoms with Crippen LogP contribution >= 0.6 is 0 Å². The van der Waals surface area contributed by atoms with Gasteiger partial charge < -0.3 is 14.5 Å². The summed E-state index contributed by atoms with van der Waals surface area (Å²) in [6.45, 7) is 12.3. The van der Waals surface area contributed by atoms with Crippen LogP contribution in [0.5, 0.6) is 0 Å². The zero-order valence-electron chi connectivity index (χ0n) is 14.7. The van der Waals surface area contributed by atoms with Crippen molar-refractivity contribution in [2.75, 3.05) is 39.8 Å². The van der Waals surface area contributed by atoms with Gasteiger partial charge in [0.25, 0.3) is 0 Å². The Balaban J connectivity index is 4.44. The first-order valence-corrected chi connectivity index (χ1v) is 8.83. The molecule has 0 aliphatic rings. The van der Waals surface area contributed by atoms with Crippen molar-refractivity contribution in [2.24, 2.45) is 0 Å². The van der Waals surface area contributed by atoms with Crippen molar-refractivity contribution in [3.05, 3.63) is 0 Å². The summed E-state index contributed by atoms with van der Waals surface area (Å²) in [5.74, 6) is 0. The lowest BCUT2D eigenvalue weighted by Crippen LogP contribution is -2.51. The number of rotatable bonds is 13. The maximum absolute atomic E-state index is 11.1. The number of hydrogen-bond acceptors (Lipinski definition) is 2. The molecule has 0 unspecified atom stereocenters. The van der Waals surface area contributed by atoms with E-state index in [2.05, 4.69) is 26.1 Å². The first-order valence-electron chi connectivity index (χ1n) is 8.83. The molecule has 0 bridgehead atoms. The molecule has 1 amide bonds. The smallest absolute Gasteiger partial charge is 0.406 e. The van der Waals surface area contributed by atoms with Crippen LogP contribution in [0.2, 0.25) is 0 Å². The van der Waals surface area contributed by atoms with Crippen LogP contribution in [0.1, 0.15) is 65.7 Å². The van der Waals surface area contributed by atoms with Gasteiger partial charge in [-0.15, -0.1) is 0 Å². The average Bonchev–Trinajstić information content (AvgIpc) is 2.52. The second-order valence-corrected chi connectivity index (χ2v) is 6.04. The summed E-state index contributed by atoms with van der Waals surface area (Å²) in [5, 5.41) is 2.50. The van der Waals surface area contributed by atoms with Gasteiger partial charge in [-0.25, -0.2) is 4.79 Å². The first-order chi connectivity index (χ1) is 10.1. The molecular formula is C17H37N2O2+. The Hall–Kier alpha value is -0.770. The highest BCUT2D eigenvalue weighted by Gasteiger charge is 2.25. The fourth-order valence-corrected chi connectivity index (χ4v) is 2.79. The fourth-order valence-electron chi connectivity index (χ4n) is 2.79. The van der Waals surface area contributed by atoms with Crippen molar-refractivity contribution < 1.29 is 14.0 Å². The van der Waals surface area contributed by atoms with Crippen molar-refractivity contribution in [2.45, 2.75) is 65.7 Å². The van der Waals surface area contributed by atoms with E-state index in [4.69, 9.17) is 4.74 Å². The van der Waals surface area contributed by atoms with E-state index in [1.54, 1.807) is 7.05 Å². The standard InChI is InChI=1S/C17H36N2O2/c1-5-8-12-19(13-9-6-2,14-10-7-3)15-11-16-21-17(20)18-4/h5-16H2,1-4H3/p+1. The highest BCUT2D eigenvalue weighted by molar-refractivity contribution is 5.66. The van der Waals surface area contributed by atoms with Crippen molar-refractivity contribution in [3.8, 4) is 0 Å². The third kappa shape index (κ3) is 9.72. The number of hydrogen-bond donors (Lipinski definition) is 1. The van der Waals surface area contributed by atoms with Gasteiger partial charge in [-0.05, 0) is 19.3 Å². The number of quaternary nitrogens is 1. The largest absolute Gasteiger partial charge is 0.449 e. The molecule has 1 N–H and O–H groups in total. The van der Waals surface area contributed by atoms with Crippen LogP contribution in [0, 0.1) is 0 Å². The van der Waals surface area contributed by atoms with Gasteiger partial charge in [0.2, 0.25) is 0 Å². The number of nitrogens with zero attached hydrogens (tertiary/aromatic N) is 1. The van der Waals surface area contributed by atoms with Gasteiger partial charge in [-0.1, -0.05) is 40.0 Å². The molecule has 0 rings (SSSR count). The Labute approximate surface area is 131 Å². The molecule has 21 heavy (non-hydrogen) atoms. The van der Waals surface area contributed by atoms with Gasteiger partial charge in [-0.3, -0.25) is 0 Å². The lowest BCUT2D eigenvalue weighted by molar-refractivity contribution is -0.929. The molecule has 0 radical (unpaired) electrons. The van der Waals surface area contributed by atoms with Gasteiger partial charge in [-0.2, -0.15) is 0 Å². The van der Waals surface area contributed by atoms with E-state index in [1.165, 1.54) is 62.6 Å². The lowest BCUT2D eigenvalue weighted by atomic mass is 10.1. The van der Waals surface area contributed by atoms with Gasteiger partial charge in [0.05, 0.1) is 32.8 Å². The Morgan fingerprint density at radius 2 is 1.29 bits per heavy atom. The van der Waals surface area contributed by atoms with E-state index in [0.717, 1.165) is 13.0 Å². The third-order valence-corrected chi connectivity index (χ3v) is 4.17. The molecule has 0 aromatic carbocycles. The molecule has 0 spiro atoms. The monoisotopic (exact) mass is 301 g/mol. The lowest BCUT2D eigenvalue weighted by Gasteiger charge is -2.39. The predicted octanol–water partition coefficient (Wildman–Crippen LogP) is 3.95. The molecule has 126 valence electrons. The minimum atomic E-state index is -0.316. The topological polar surface area (TPSA) is 38.3 Å². The van der Waals surface area contributed by atoms with Crippen LogP contribution in [0.4, 0.5) is 4.79 Å². The number of ether oxygens (including phenoxy) is 1. The Morgan fingerprint density at radius 1 is 0.857 bits per heavy atom. The molecule has 4 nitrogen and oxygen atoms in total. The Bertz CT molecular complexity index is 235. The van der Waals surface area contributed by atoms with Crippen LogP contribution < -0.4 is 5.32 Å². The van der Waals surface area contributed by atoms with Crippen molar-refractivity contribution in [1.29, 1.82) is 0 Å². The Kier molecular flexibility index (Phi) is 12.5. The molecule has 0 heterocycles. The number of unbranched alkanes of at least 4 members (excludes halogenated alkanes) is 3. The van der Waals surface area contributed by atoms with Crippen LogP contribution in [0.15, 0.2) is 0 Å². The molecule has 0 atom stereocenters. The maximum atomic E-state index is 11.1. The van der Waals surface area contributed by atoms with Crippen LogP contribution in [0.3, 0.4) is 0 Å². The van der Waals surface area contributed by atoms with Crippen LogP contribution in [0.25, 0.3) is 0 Å². The Morgan fingerprint density at radius 3 is 1.67 bits per heavy atom. The zero-order valence-corrected chi connectivity index (χ0v) is 14.7. The maximum Gasteiger partial charge on any atom is 0.406 e. The van der Waals surface area contributed by atoms with Gasteiger partial charge in [0.15, 0.2) is 0 Å². The molecule has 0 aliphatic carbocycles. The highest BCUT2D eigenvalue weighted by Crippen LogP contribution is 2.16. The van der Waals surface area contributed by atoms with Crippen LogP contribution in [-0.4, -0.2) is 50.4 Å². The second-order valence-electron chi connectivity index (χ2n) is 6.04. The SMILES string of the molecule is CCCC[N+](CCCC)(CCCC)CCCOC(=O)NC. The molecule has 0 fully saturated rings. The van der Waals surface area contributed by atoms with Gasteiger partial charge in [0, 0.05) is 13.5 Å². The minimum Gasteiger partial charge on any atom is -0.449 e. The summed E-state index contributed by atoms with van der Waals surface area (Å²) >= 11 is 0. The molecular weight excluding hydrogens is 264 g/mol. The van der Waals surface area contributed by atoms with E-state index in [-0.39, 0.29) is 6.09 Å². The predicted molar refractivity (Wildman–Crippen MR) is 89.5 cm³/mol. The normalized spacial score (nSPS) is 11.4. The average molecular weight is 301 g/mol. The van der Waals surface area contributed by atoms with Crippen molar-refractivity contribution >= 4 is 6.09 Å². The number of carbonyl (C=O) groups is 1. The molecule has 0 saturated carbocycles. The fraction of sp³-hybridized carbons (Fsp3) is 0.941. The number of carbonyl (C=O) groups excluding carboxylic acids is 1. The molecule has 0 saturated heterocycles. The molecule has 0 aliphatic heterocycles. The summed E-state index contributed by atoms with van der Waals surface area (Å²) in [7, 11) is 1.60. The third-order valence-electron chi connectivity index (χ3n) is 4.17. The van der Waals surface area contributed by atoms with Gasteiger partial charge in [0.1, 0.15) is 0 Å². The quantitative estimate of drug-likeness (QED) is 0.413. The minimum absolute atomic E-state index is 0.316. The van der Waals surface area contributed by atoms with Crippen molar-refractivity contribution in [1.82, 2.24) is 5.32 Å². The van der Waals surface area contributed by atoms with E-state index >= 15 is 0 Å². The van der Waals surface area contributed by atoms with E-state index in [0.29, 0.717) is 6.61 Å². The molecule has 0 aromatic heterocycles. The molecule has 0 aromatic rings. The highest BCUT2D eigenvalue weighted by atomic mass is 16.5. The summed E-state index contributed by atoms with van der Waals surface area (Å²) < 4.78 is 6.35. The molecule has 4 heteroatoms. The van der Waals surface area contributed by atoms with Gasteiger partial charge >= 0.3 is 6.09 Å². The summed E-state index contributed by atoms with van der Waals surface area (Å²) in [5.41, 5.74) is 0. The number of amides is 1. The summed E-state index contributed by atoms with van der Waals surface area (Å²) in [6, 6.07) is 0. The second kappa shape index (κ2) is 12.9. The first kappa shape index (κ1) is 20.2. The summed E-state index contributed by atoms with van der Waals surface area (Å²) in [6.07, 6.45) is 8.30. The van der Waals surface area contributed by atoms with Crippen LogP contribution in [-0.2, 0) is 4.74 Å². The zero-order chi connectivity index (χ0) is 16.0. The van der Waals surface area contributed by atoms with E-state index in [1.807, 2.05) is 0 Å². The van der Waals surface area contributed by atoms with E-state index in [9.17, 15) is 4.79 Å². The number of nitrogens with one attached hydrogen (secondary N) is 1.